The molecular weight excluding hydrogens is 415 g/mol. The zero-order valence-corrected chi connectivity index (χ0v) is 18.3. The van der Waals surface area contributed by atoms with Crippen LogP contribution in [0.2, 0.25) is 0 Å². The fraction of sp³-hybridized carbons (Fsp3) is 0.222. The normalized spacial score (nSPS) is 14.3. The lowest BCUT2D eigenvalue weighted by atomic mass is 10.1. The number of hydrogen-bond donors (Lipinski definition) is 0. The van der Waals surface area contributed by atoms with Gasteiger partial charge in [0.2, 0.25) is 5.91 Å². The second-order valence-electron chi connectivity index (χ2n) is 8.28. The highest BCUT2D eigenvalue weighted by Gasteiger charge is 2.23. The Morgan fingerprint density at radius 3 is 2.24 bits per heavy atom. The fourth-order valence-corrected chi connectivity index (χ4v) is 4.27. The van der Waals surface area contributed by atoms with Gasteiger partial charge in [-0.15, -0.1) is 0 Å². The molecule has 1 fully saturated rings. The molecule has 166 valence electrons. The van der Waals surface area contributed by atoms with Gasteiger partial charge in [-0.05, 0) is 36.2 Å². The lowest BCUT2D eigenvalue weighted by Crippen LogP contribution is -2.36. The number of rotatable bonds is 4. The Morgan fingerprint density at radius 2 is 1.48 bits per heavy atom. The number of nitrogens with zero attached hydrogens (tertiary/aromatic N) is 4. The van der Waals surface area contributed by atoms with Gasteiger partial charge < -0.3 is 9.80 Å². The van der Waals surface area contributed by atoms with E-state index in [-0.39, 0.29) is 18.1 Å². The third kappa shape index (κ3) is 4.70. The summed E-state index contributed by atoms with van der Waals surface area (Å²) in [5.74, 6) is 0.631. The maximum Gasteiger partial charge on any atom is 0.227 e. The Hall–Kier alpha value is -3.80. The predicted octanol–water partition coefficient (Wildman–Crippen LogP) is 4.72. The highest BCUT2D eigenvalue weighted by atomic mass is 19.1. The summed E-state index contributed by atoms with van der Waals surface area (Å²) >= 11 is 0. The topological polar surface area (TPSA) is 49.3 Å². The second kappa shape index (κ2) is 9.36. The van der Waals surface area contributed by atoms with Crippen molar-refractivity contribution in [2.45, 2.75) is 12.8 Å². The van der Waals surface area contributed by atoms with Crippen LogP contribution in [0.4, 0.5) is 10.2 Å². The van der Waals surface area contributed by atoms with E-state index >= 15 is 0 Å². The average Bonchev–Trinajstić information content (AvgIpc) is 3.12. The molecule has 0 radical (unpaired) electrons. The zero-order chi connectivity index (χ0) is 22.6. The van der Waals surface area contributed by atoms with Crippen LogP contribution in [0.25, 0.3) is 22.3 Å². The minimum atomic E-state index is -0.290. The maximum absolute atomic E-state index is 13.2. The standard InChI is InChI=1S/C27H25FN4O/c28-22-13-11-20(12-14-22)19-25(33)31-15-6-16-32(18-17-31)27-26(21-7-2-1-3-8-21)29-23-9-4-5-10-24(23)30-27/h1-5,7-14H,6,15-19H2. The Kier molecular flexibility index (Phi) is 5.98. The lowest BCUT2D eigenvalue weighted by Gasteiger charge is -2.25. The molecule has 0 N–H and O–H groups in total. The van der Waals surface area contributed by atoms with Gasteiger partial charge in [-0.2, -0.15) is 0 Å². The van der Waals surface area contributed by atoms with Gasteiger partial charge in [0.1, 0.15) is 11.5 Å². The average molecular weight is 441 g/mol. The molecule has 0 aliphatic carbocycles. The number of anilines is 1. The van der Waals surface area contributed by atoms with Crippen molar-refractivity contribution < 1.29 is 9.18 Å². The predicted molar refractivity (Wildman–Crippen MR) is 128 cm³/mol. The molecule has 1 aliphatic rings. The van der Waals surface area contributed by atoms with Gasteiger partial charge >= 0.3 is 0 Å². The zero-order valence-electron chi connectivity index (χ0n) is 18.3. The van der Waals surface area contributed by atoms with Crippen molar-refractivity contribution in [1.29, 1.82) is 0 Å². The van der Waals surface area contributed by atoms with Crippen LogP contribution < -0.4 is 4.90 Å². The molecule has 1 saturated heterocycles. The molecule has 0 spiro atoms. The van der Waals surface area contributed by atoms with Gasteiger partial charge in [0.15, 0.2) is 5.82 Å². The number of hydrogen-bond acceptors (Lipinski definition) is 4. The van der Waals surface area contributed by atoms with Crippen molar-refractivity contribution >= 4 is 22.8 Å². The number of para-hydroxylation sites is 2. The third-order valence-corrected chi connectivity index (χ3v) is 6.02. The van der Waals surface area contributed by atoms with Crippen molar-refractivity contribution in [3.05, 3.63) is 90.2 Å². The van der Waals surface area contributed by atoms with Crippen LogP contribution in [0.5, 0.6) is 0 Å². The number of benzene rings is 3. The smallest absolute Gasteiger partial charge is 0.227 e. The van der Waals surface area contributed by atoms with E-state index in [1.807, 2.05) is 47.4 Å². The number of fused-ring (bicyclic) bond motifs is 1. The molecule has 0 atom stereocenters. The van der Waals surface area contributed by atoms with Crippen LogP contribution in [0.1, 0.15) is 12.0 Å². The van der Waals surface area contributed by atoms with Crippen molar-refractivity contribution in [2.24, 2.45) is 0 Å². The Balaban J connectivity index is 1.39. The monoisotopic (exact) mass is 440 g/mol. The summed E-state index contributed by atoms with van der Waals surface area (Å²) in [7, 11) is 0. The molecule has 4 aromatic rings. The van der Waals surface area contributed by atoms with Gasteiger partial charge in [-0.25, -0.2) is 14.4 Å². The first kappa shape index (κ1) is 21.1. The molecule has 0 unspecified atom stereocenters. The Morgan fingerprint density at radius 1 is 0.788 bits per heavy atom. The molecular formula is C27H25FN4O. The minimum absolute atomic E-state index is 0.0661. The molecule has 5 rings (SSSR count). The summed E-state index contributed by atoms with van der Waals surface area (Å²) in [5.41, 5.74) is 4.44. The van der Waals surface area contributed by atoms with E-state index in [4.69, 9.17) is 9.97 Å². The molecule has 6 heteroatoms. The molecule has 1 amide bonds. The first-order valence-electron chi connectivity index (χ1n) is 11.3. The maximum atomic E-state index is 13.2. The molecule has 0 bridgehead atoms. The molecule has 1 aliphatic heterocycles. The summed E-state index contributed by atoms with van der Waals surface area (Å²) < 4.78 is 13.2. The van der Waals surface area contributed by atoms with Crippen LogP contribution in [0, 0.1) is 5.82 Å². The van der Waals surface area contributed by atoms with E-state index in [1.165, 1.54) is 12.1 Å². The first-order chi connectivity index (χ1) is 16.2. The number of aromatic nitrogens is 2. The Bertz CT molecular complexity index is 1260. The largest absolute Gasteiger partial charge is 0.353 e. The highest BCUT2D eigenvalue weighted by molar-refractivity contribution is 5.84. The molecule has 0 saturated carbocycles. The van der Waals surface area contributed by atoms with Crippen LogP contribution in [0.15, 0.2) is 78.9 Å². The summed E-state index contributed by atoms with van der Waals surface area (Å²) in [5, 5.41) is 0. The molecule has 33 heavy (non-hydrogen) atoms. The van der Waals surface area contributed by atoms with Crippen molar-refractivity contribution in [2.75, 3.05) is 31.1 Å². The van der Waals surface area contributed by atoms with Crippen molar-refractivity contribution in [3.63, 3.8) is 0 Å². The van der Waals surface area contributed by atoms with Crippen LogP contribution in [0.3, 0.4) is 0 Å². The van der Waals surface area contributed by atoms with Gasteiger partial charge in [-0.3, -0.25) is 4.79 Å². The molecule has 1 aromatic heterocycles. The summed E-state index contributed by atoms with van der Waals surface area (Å²) in [6, 6.07) is 24.2. The van der Waals surface area contributed by atoms with Crippen LogP contribution >= 0.6 is 0 Å². The van der Waals surface area contributed by atoms with E-state index in [1.54, 1.807) is 12.1 Å². The molecule has 2 heterocycles. The summed E-state index contributed by atoms with van der Waals surface area (Å²) in [6.07, 6.45) is 1.13. The number of carbonyl (C=O) groups is 1. The van der Waals surface area contributed by atoms with E-state index in [9.17, 15) is 9.18 Å². The van der Waals surface area contributed by atoms with E-state index < -0.39 is 0 Å². The third-order valence-electron chi connectivity index (χ3n) is 6.02. The van der Waals surface area contributed by atoms with Crippen LogP contribution in [-0.4, -0.2) is 47.0 Å². The molecule has 5 nitrogen and oxygen atoms in total. The molecule has 3 aromatic carbocycles. The van der Waals surface area contributed by atoms with E-state index in [0.29, 0.717) is 19.6 Å². The second-order valence-corrected chi connectivity index (χ2v) is 8.28. The fourth-order valence-electron chi connectivity index (χ4n) is 4.27. The minimum Gasteiger partial charge on any atom is -0.353 e. The van der Waals surface area contributed by atoms with E-state index in [2.05, 4.69) is 17.0 Å². The van der Waals surface area contributed by atoms with Crippen molar-refractivity contribution in [1.82, 2.24) is 14.9 Å². The SMILES string of the molecule is O=C(Cc1ccc(F)cc1)N1CCCN(c2nc3ccccc3nc2-c2ccccc2)CC1. The summed E-state index contributed by atoms with van der Waals surface area (Å²) in [6.45, 7) is 2.79. The number of amides is 1. The van der Waals surface area contributed by atoms with Gasteiger partial charge in [-0.1, -0.05) is 54.6 Å². The van der Waals surface area contributed by atoms with Gasteiger partial charge in [0.05, 0.1) is 17.5 Å². The number of halogens is 1. The van der Waals surface area contributed by atoms with E-state index in [0.717, 1.165) is 46.6 Å². The number of carbonyl (C=O) groups excluding carboxylic acids is 1. The van der Waals surface area contributed by atoms with Gasteiger partial charge in [0.25, 0.3) is 0 Å². The Labute approximate surface area is 192 Å². The quantitative estimate of drug-likeness (QED) is 0.461. The van der Waals surface area contributed by atoms with Crippen molar-refractivity contribution in [3.8, 4) is 11.3 Å². The van der Waals surface area contributed by atoms with Crippen LogP contribution in [-0.2, 0) is 11.2 Å². The summed E-state index contributed by atoms with van der Waals surface area (Å²) in [4.78, 5) is 27.0. The highest BCUT2D eigenvalue weighted by Crippen LogP contribution is 2.30. The first-order valence-corrected chi connectivity index (χ1v) is 11.3. The van der Waals surface area contributed by atoms with Gasteiger partial charge in [0, 0.05) is 31.7 Å². The lowest BCUT2D eigenvalue weighted by molar-refractivity contribution is -0.130.